The molecule has 0 aliphatic carbocycles. The second kappa shape index (κ2) is 7.63. The van der Waals surface area contributed by atoms with E-state index in [9.17, 15) is 14.7 Å². The van der Waals surface area contributed by atoms with E-state index >= 15 is 0 Å². The maximum atomic E-state index is 13.4. The van der Waals surface area contributed by atoms with Crippen molar-refractivity contribution >= 4 is 33.9 Å². The third kappa shape index (κ3) is 3.03. The molecule has 0 radical (unpaired) electrons. The van der Waals surface area contributed by atoms with Gasteiger partial charge in [-0.1, -0.05) is 36.4 Å². The van der Waals surface area contributed by atoms with Crippen LogP contribution >= 0.6 is 0 Å². The zero-order chi connectivity index (χ0) is 23.4. The van der Waals surface area contributed by atoms with Gasteiger partial charge in [0.25, 0.3) is 11.7 Å². The van der Waals surface area contributed by atoms with Crippen molar-refractivity contribution in [3.63, 3.8) is 0 Å². The zero-order valence-electron chi connectivity index (χ0n) is 18.4. The Kier molecular flexibility index (Phi) is 4.55. The molecule has 0 saturated carbocycles. The van der Waals surface area contributed by atoms with Gasteiger partial charge in [0, 0.05) is 17.4 Å². The number of hydrogen-bond donors (Lipinski definition) is 1. The average Bonchev–Trinajstić information content (AvgIpc) is 3.56. The molecule has 2 unspecified atom stereocenters. The van der Waals surface area contributed by atoms with Crippen molar-refractivity contribution in [1.29, 1.82) is 0 Å². The van der Waals surface area contributed by atoms with Gasteiger partial charge < -0.3 is 14.3 Å². The van der Waals surface area contributed by atoms with Crippen LogP contribution in [-0.4, -0.2) is 22.9 Å². The van der Waals surface area contributed by atoms with E-state index in [1.807, 2.05) is 49.4 Å². The number of Topliss-reactive ketones (excluding diaryl/α,β-unsaturated/α-hetero) is 1. The second-order valence-corrected chi connectivity index (χ2v) is 8.64. The molecule has 6 heteroatoms. The summed E-state index contributed by atoms with van der Waals surface area (Å²) < 4.78 is 11.4. The smallest absolute Gasteiger partial charge is 0.300 e. The number of anilines is 1. The van der Waals surface area contributed by atoms with Crippen molar-refractivity contribution in [2.75, 3.05) is 4.90 Å². The number of hydrogen-bond acceptors (Lipinski definition) is 5. The largest absolute Gasteiger partial charge is 0.507 e. The molecule has 1 amide bonds. The Bertz CT molecular complexity index is 1480. The first-order valence-corrected chi connectivity index (χ1v) is 11.1. The molecular formula is C28H21NO5. The normalized spacial score (nSPS) is 21.1. The highest BCUT2D eigenvalue weighted by atomic mass is 16.5. The SMILES string of the molecule is CC1Cc2cc(/C(O)=C3/C(=O)C(=O)N(c4cccc5ccccc45)C3c3ccco3)ccc2O1. The van der Waals surface area contributed by atoms with Crippen molar-refractivity contribution in [2.24, 2.45) is 0 Å². The van der Waals surface area contributed by atoms with Gasteiger partial charge in [-0.2, -0.15) is 0 Å². The van der Waals surface area contributed by atoms with Gasteiger partial charge in [0.05, 0.1) is 17.5 Å². The lowest BCUT2D eigenvalue weighted by atomic mass is 9.97. The minimum Gasteiger partial charge on any atom is -0.507 e. The third-order valence-corrected chi connectivity index (χ3v) is 6.45. The van der Waals surface area contributed by atoms with E-state index in [1.165, 1.54) is 11.2 Å². The molecule has 3 aromatic carbocycles. The Morgan fingerprint density at radius 1 is 1.00 bits per heavy atom. The van der Waals surface area contributed by atoms with E-state index in [-0.39, 0.29) is 17.4 Å². The monoisotopic (exact) mass is 451 g/mol. The van der Waals surface area contributed by atoms with Gasteiger partial charge in [0.1, 0.15) is 29.4 Å². The molecule has 2 atom stereocenters. The Labute approximate surface area is 195 Å². The second-order valence-electron chi connectivity index (χ2n) is 8.64. The topological polar surface area (TPSA) is 80.0 Å². The van der Waals surface area contributed by atoms with Crippen LogP contribution in [0.1, 0.15) is 29.9 Å². The van der Waals surface area contributed by atoms with E-state index in [1.54, 1.807) is 30.3 Å². The molecule has 168 valence electrons. The Morgan fingerprint density at radius 2 is 1.82 bits per heavy atom. The lowest BCUT2D eigenvalue weighted by Gasteiger charge is -2.24. The van der Waals surface area contributed by atoms with Crippen LogP contribution in [0.15, 0.2) is 89.0 Å². The molecule has 4 aromatic rings. The summed E-state index contributed by atoms with van der Waals surface area (Å²) in [4.78, 5) is 28.2. The van der Waals surface area contributed by atoms with E-state index < -0.39 is 17.7 Å². The van der Waals surface area contributed by atoms with Crippen LogP contribution < -0.4 is 9.64 Å². The summed E-state index contributed by atoms with van der Waals surface area (Å²) in [5.74, 6) is -0.533. The van der Waals surface area contributed by atoms with E-state index in [0.29, 0.717) is 23.4 Å². The van der Waals surface area contributed by atoms with Gasteiger partial charge in [0.15, 0.2) is 0 Å². The minimum absolute atomic E-state index is 0.000187. The van der Waals surface area contributed by atoms with Crippen LogP contribution in [0.3, 0.4) is 0 Å². The summed E-state index contributed by atoms with van der Waals surface area (Å²) in [6.45, 7) is 1.98. The molecule has 34 heavy (non-hydrogen) atoms. The molecule has 6 rings (SSSR count). The molecule has 0 bridgehead atoms. The van der Waals surface area contributed by atoms with Crippen molar-refractivity contribution in [2.45, 2.75) is 25.5 Å². The zero-order valence-corrected chi connectivity index (χ0v) is 18.4. The molecule has 0 spiro atoms. The lowest BCUT2D eigenvalue weighted by Crippen LogP contribution is -2.29. The quantitative estimate of drug-likeness (QED) is 0.257. The number of amides is 1. The maximum Gasteiger partial charge on any atom is 0.300 e. The minimum atomic E-state index is -0.899. The summed E-state index contributed by atoms with van der Waals surface area (Å²) in [5.41, 5.74) is 2.00. The molecule has 1 fully saturated rings. The van der Waals surface area contributed by atoms with Gasteiger partial charge >= 0.3 is 0 Å². The van der Waals surface area contributed by atoms with Crippen molar-refractivity contribution in [3.8, 4) is 5.75 Å². The molecule has 6 nitrogen and oxygen atoms in total. The van der Waals surface area contributed by atoms with Crippen LogP contribution in [0.4, 0.5) is 5.69 Å². The fourth-order valence-corrected chi connectivity index (χ4v) is 4.94. The van der Waals surface area contributed by atoms with Crippen LogP contribution in [0.2, 0.25) is 0 Å². The summed E-state index contributed by atoms with van der Waals surface area (Å²) in [7, 11) is 0. The van der Waals surface area contributed by atoms with Gasteiger partial charge in [-0.25, -0.2) is 0 Å². The average molecular weight is 451 g/mol. The number of nitrogens with zero attached hydrogens (tertiary/aromatic N) is 1. The molecule has 1 N–H and O–H groups in total. The van der Waals surface area contributed by atoms with E-state index in [0.717, 1.165) is 22.1 Å². The first-order valence-electron chi connectivity index (χ1n) is 11.1. The van der Waals surface area contributed by atoms with Gasteiger partial charge in [-0.3, -0.25) is 14.5 Å². The first-order chi connectivity index (χ1) is 16.5. The number of carbonyl (C=O) groups is 2. The highest BCUT2D eigenvalue weighted by Gasteiger charge is 2.48. The fourth-order valence-electron chi connectivity index (χ4n) is 4.94. The number of benzene rings is 3. The molecule has 1 saturated heterocycles. The van der Waals surface area contributed by atoms with Crippen LogP contribution in [-0.2, 0) is 16.0 Å². The van der Waals surface area contributed by atoms with Gasteiger partial charge in [-0.15, -0.1) is 0 Å². The van der Waals surface area contributed by atoms with Crippen molar-refractivity contribution in [3.05, 3.63) is 102 Å². The van der Waals surface area contributed by atoms with Crippen LogP contribution in [0.5, 0.6) is 5.75 Å². The highest BCUT2D eigenvalue weighted by Crippen LogP contribution is 2.44. The number of carbonyl (C=O) groups excluding carboxylic acids is 2. The van der Waals surface area contributed by atoms with Gasteiger partial charge in [-0.05, 0) is 54.3 Å². The lowest BCUT2D eigenvalue weighted by molar-refractivity contribution is -0.132. The highest BCUT2D eigenvalue weighted by molar-refractivity contribution is 6.52. The number of aliphatic hydroxyl groups excluding tert-OH is 1. The standard InChI is InChI=1S/C28H21NO5/c1-16-14-19-15-18(11-12-22(19)34-16)26(30)24-25(23-10-5-13-33-23)29(28(32)27(24)31)21-9-4-7-17-6-2-3-8-20(17)21/h2-13,15-16,25,30H,14H2,1H3/b26-24-. The van der Waals surface area contributed by atoms with Crippen LogP contribution in [0.25, 0.3) is 16.5 Å². The Balaban J connectivity index is 1.55. The maximum absolute atomic E-state index is 13.4. The number of ether oxygens (including phenoxy) is 1. The molecule has 2 aliphatic heterocycles. The molecule has 1 aromatic heterocycles. The summed E-state index contributed by atoms with van der Waals surface area (Å²) in [6.07, 6.45) is 2.25. The third-order valence-electron chi connectivity index (χ3n) is 6.45. The molecular weight excluding hydrogens is 430 g/mol. The Morgan fingerprint density at radius 3 is 2.65 bits per heavy atom. The molecule has 3 heterocycles. The Hall–Kier alpha value is -4.32. The van der Waals surface area contributed by atoms with Crippen LogP contribution in [0, 0.1) is 0 Å². The van der Waals surface area contributed by atoms with Crippen molar-refractivity contribution in [1.82, 2.24) is 0 Å². The summed E-state index contributed by atoms with van der Waals surface area (Å²) in [6, 6.07) is 21.1. The number of furan rings is 1. The van der Waals surface area contributed by atoms with Gasteiger partial charge in [0.2, 0.25) is 0 Å². The predicted molar refractivity (Wildman–Crippen MR) is 128 cm³/mol. The first kappa shape index (κ1) is 20.3. The van der Waals surface area contributed by atoms with E-state index in [4.69, 9.17) is 9.15 Å². The number of rotatable bonds is 3. The summed E-state index contributed by atoms with van der Waals surface area (Å²) in [5, 5.41) is 13.1. The predicted octanol–water partition coefficient (Wildman–Crippen LogP) is 5.38. The van der Waals surface area contributed by atoms with Crippen molar-refractivity contribution < 1.29 is 23.8 Å². The number of fused-ring (bicyclic) bond motifs is 2. The van der Waals surface area contributed by atoms with E-state index in [2.05, 4.69) is 0 Å². The number of aliphatic hydroxyl groups is 1. The summed E-state index contributed by atoms with van der Waals surface area (Å²) >= 11 is 0. The molecule has 2 aliphatic rings. The number of ketones is 1. The fraction of sp³-hybridized carbons (Fsp3) is 0.143.